The van der Waals surface area contributed by atoms with Crippen LogP contribution in [0, 0.1) is 6.92 Å². The van der Waals surface area contributed by atoms with Gasteiger partial charge in [-0.1, -0.05) is 80.9 Å². The Labute approximate surface area is 202 Å². The lowest BCUT2D eigenvalue weighted by atomic mass is 9.98. The van der Waals surface area contributed by atoms with E-state index in [2.05, 4.69) is 19.2 Å². The Morgan fingerprint density at radius 1 is 0.886 bits per heavy atom. The molecule has 0 spiro atoms. The van der Waals surface area contributed by atoms with E-state index in [0.717, 1.165) is 16.2 Å². The Kier molecular flexibility index (Phi) is 8.12. The molecule has 3 aromatic carbocycles. The predicted octanol–water partition coefficient (Wildman–Crippen LogP) is 6.66. The zero-order chi connectivity index (χ0) is 25.6. The van der Waals surface area contributed by atoms with Crippen LogP contribution in [0.2, 0.25) is 0 Å². The molecule has 0 bridgehead atoms. The minimum atomic E-state index is -4.75. The predicted molar refractivity (Wildman–Crippen MR) is 133 cm³/mol. The highest BCUT2D eigenvalue weighted by atomic mass is 19.4. The minimum absolute atomic E-state index is 0.0277. The largest absolute Gasteiger partial charge is 0.417 e. The van der Waals surface area contributed by atoms with Crippen molar-refractivity contribution in [1.29, 1.82) is 0 Å². The number of pyridine rings is 1. The molecule has 0 fully saturated rings. The summed E-state index contributed by atoms with van der Waals surface area (Å²) in [4.78, 5) is 26.5. The first-order valence-corrected chi connectivity index (χ1v) is 11.3. The van der Waals surface area contributed by atoms with Gasteiger partial charge < -0.3 is 5.32 Å². The molecular formula is C28H27F3N2O2. The molecule has 0 saturated heterocycles. The number of amides is 1. The smallest absolute Gasteiger partial charge is 0.348 e. The molecule has 0 unspecified atom stereocenters. The summed E-state index contributed by atoms with van der Waals surface area (Å²) in [6.07, 6.45) is -3.50. The van der Waals surface area contributed by atoms with Gasteiger partial charge in [0.25, 0.3) is 11.5 Å². The van der Waals surface area contributed by atoms with E-state index in [0.29, 0.717) is 5.69 Å². The highest BCUT2D eigenvalue weighted by molar-refractivity contribution is 6.08. The number of nitrogens with zero attached hydrogens (tertiary/aromatic N) is 1. The van der Waals surface area contributed by atoms with E-state index < -0.39 is 28.6 Å². The molecule has 1 aromatic heterocycles. The number of benzene rings is 3. The molecule has 4 rings (SSSR count). The van der Waals surface area contributed by atoms with Crippen LogP contribution in [0.1, 0.15) is 47.4 Å². The second kappa shape index (κ2) is 11.0. The number of rotatable bonds is 4. The summed E-state index contributed by atoms with van der Waals surface area (Å²) >= 11 is 0. The number of halogens is 3. The summed E-state index contributed by atoms with van der Waals surface area (Å²) in [5.74, 6) is -0.555. The van der Waals surface area contributed by atoms with Crippen molar-refractivity contribution in [3.63, 3.8) is 0 Å². The van der Waals surface area contributed by atoms with Gasteiger partial charge in [0.1, 0.15) is 0 Å². The van der Waals surface area contributed by atoms with Gasteiger partial charge in [-0.05, 0) is 30.7 Å². The fraction of sp³-hybridized carbons (Fsp3) is 0.214. The Balaban J connectivity index is 0.00000108. The van der Waals surface area contributed by atoms with Gasteiger partial charge in [0, 0.05) is 23.3 Å². The number of carbonyl (C=O) groups excluding carboxylic acids is 1. The summed E-state index contributed by atoms with van der Waals surface area (Å²) in [7, 11) is 0. The van der Waals surface area contributed by atoms with Crippen LogP contribution in [0.5, 0.6) is 0 Å². The third-order valence-electron chi connectivity index (χ3n) is 5.29. The average molecular weight is 481 g/mol. The molecule has 35 heavy (non-hydrogen) atoms. The SMILES string of the molecule is CCC.Cc1c(C(=O)NCc2ccccc2)c2cccc(C(F)(F)F)c2c(=O)n1-c1ccccc1. The topological polar surface area (TPSA) is 51.1 Å². The number of nitrogens with one attached hydrogen (secondary N) is 1. The number of hydrogen-bond donors (Lipinski definition) is 1. The zero-order valence-corrected chi connectivity index (χ0v) is 19.8. The highest BCUT2D eigenvalue weighted by Gasteiger charge is 2.35. The highest BCUT2D eigenvalue weighted by Crippen LogP contribution is 2.35. The molecule has 182 valence electrons. The fourth-order valence-electron chi connectivity index (χ4n) is 3.84. The quantitative estimate of drug-likeness (QED) is 0.355. The maximum atomic E-state index is 13.8. The lowest BCUT2D eigenvalue weighted by Crippen LogP contribution is -2.30. The third-order valence-corrected chi connectivity index (χ3v) is 5.29. The van der Waals surface area contributed by atoms with Crippen LogP contribution in [0.4, 0.5) is 13.2 Å². The molecule has 4 aromatic rings. The van der Waals surface area contributed by atoms with Crippen LogP contribution in [0.25, 0.3) is 16.5 Å². The van der Waals surface area contributed by atoms with E-state index in [-0.39, 0.29) is 23.2 Å². The van der Waals surface area contributed by atoms with Crippen molar-refractivity contribution in [1.82, 2.24) is 9.88 Å². The number of alkyl halides is 3. The summed E-state index contributed by atoms with van der Waals surface area (Å²) in [6.45, 7) is 6.01. The van der Waals surface area contributed by atoms with E-state index in [1.165, 1.54) is 18.6 Å². The van der Waals surface area contributed by atoms with Gasteiger partial charge in [0.15, 0.2) is 0 Å². The molecule has 0 atom stereocenters. The molecule has 0 aliphatic heterocycles. The van der Waals surface area contributed by atoms with Crippen molar-refractivity contribution in [2.45, 2.75) is 39.9 Å². The first-order valence-electron chi connectivity index (χ1n) is 11.3. The molecular weight excluding hydrogens is 453 g/mol. The first kappa shape index (κ1) is 25.7. The third kappa shape index (κ3) is 5.62. The first-order chi connectivity index (χ1) is 16.7. The Hall–Kier alpha value is -3.87. The molecule has 1 heterocycles. The van der Waals surface area contributed by atoms with Crippen molar-refractivity contribution in [2.75, 3.05) is 0 Å². The Bertz CT molecular complexity index is 1360. The maximum absolute atomic E-state index is 13.8. The van der Waals surface area contributed by atoms with Gasteiger partial charge in [0.05, 0.1) is 16.5 Å². The number of aromatic nitrogens is 1. The van der Waals surface area contributed by atoms with Gasteiger partial charge in [-0.25, -0.2) is 0 Å². The van der Waals surface area contributed by atoms with Crippen molar-refractivity contribution >= 4 is 16.7 Å². The number of para-hydroxylation sites is 1. The minimum Gasteiger partial charge on any atom is -0.348 e. The number of carbonyl (C=O) groups is 1. The second-order valence-electron chi connectivity index (χ2n) is 8.04. The molecule has 1 amide bonds. The summed E-state index contributed by atoms with van der Waals surface area (Å²) in [5, 5.41) is 2.21. The Morgan fingerprint density at radius 3 is 2.03 bits per heavy atom. The summed E-state index contributed by atoms with van der Waals surface area (Å²) in [6, 6.07) is 20.9. The van der Waals surface area contributed by atoms with Crippen molar-refractivity contribution in [3.05, 3.63) is 112 Å². The maximum Gasteiger partial charge on any atom is 0.417 e. The van der Waals surface area contributed by atoms with Gasteiger partial charge in [-0.2, -0.15) is 13.2 Å². The summed E-state index contributed by atoms with van der Waals surface area (Å²) < 4.78 is 42.5. The van der Waals surface area contributed by atoms with Crippen LogP contribution in [0.15, 0.2) is 83.7 Å². The Morgan fingerprint density at radius 2 is 1.46 bits per heavy atom. The van der Waals surface area contributed by atoms with Crippen LogP contribution in [0.3, 0.4) is 0 Å². The normalized spacial score (nSPS) is 11.0. The molecule has 0 aliphatic rings. The van der Waals surface area contributed by atoms with E-state index in [4.69, 9.17) is 0 Å². The standard InChI is InChI=1S/C25H19F3N2O2.C3H8/c1-16-21(23(31)29-15-17-9-4-2-5-10-17)19-13-8-14-20(25(26,27)28)22(19)24(32)30(16)18-11-6-3-7-12-18;1-3-2/h2-14H,15H2,1H3,(H,29,31);3H2,1-2H3. The van der Waals surface area contributed by atoms with Crippen molar-refractivity contribution < 1.29 is 18.0 Å². The van der Waals surface area contributed by atoms with Gasteiger partial charge in [-0.3, -0.25) is 14.2 Å². The monoisotopic (exact) mass is 480 g/mol. The fourth-order valence-corrected chi connectivity index (χ4v) is 3.84. The van der Waals surface area contributed by atoms with Crippen molar-refractivity contribution in [3.8, 4) is 5.69 Å². The molecule has 7 heteroatoms. The average Bonchev–Trinajstić information content (AvgIpc) is 2.84. The summed E-state index contributed by atoms with van der Waals surface area (Å²) in [5.41, 5.74) is -0.372. The molecule has 0 aliphatic carbocycles. The lowest BCUT2D eigenvalue weighted by Gasteiger charge is -2.19. The number of hydrogen-bond acceptors (Lipinski definition) is 2. The second-order valence-corrected chi connectivity index (χ2v) is 8.04. The molecule has 0 saturated carbocycles. The lowest BCUT2D eigenvalue weighted by molar-refractivity contribution is -0.136. The van der Waals surface area contributed by atoms with Crippen LogP contribution < -0.4 is 10.9 Å². The van der Waals surface area contributed by atoms with Crippen LogP contribution in [-0.2, 0) is 12.7 Å². The van der Waals surface area contributed by atoms with Crippen LogP contribution >= 0.6 is 0 Å². The van der Waals surface area contributed by atoms with E-state index in [9.17, 15) is 22.8 Å². The van der Waals surface area contributed by atoms with Gasteiger partial charge in [0.2, 0.25) is 0 Å². The van der Waals surface area contributed by atoms with Crippen molar-refractivity contribution in [2.24, 2.45) is 0 Å². The molecule has 1 N–H and O–H groups in total. The van der Waals surface area contributed by atoms with Crippen LogP contribution in [-0.4, -0.2) is 10.5 Å². The molecule has 4 nitrogen and oxygen atoms in total. The van der Waals surface area contributed by atoms with E-state index in [1.54, 1.807) is 37.3 Å². The van der Waals surface area contributed by atoms with E-state index in [1.807, 2.05) is 30.3 Å². The van der Waals surface area contributed by atoms with Gasteiger partial charge >= 0.3 is 6.18 Å². The molecule has 0 radical (unpaired) electrons. The van der Waals surface area contributed by atoms with Gasteiger partial charge in [-0.15, -0.1) is 0 Å². The number of fused-ring (bicyclic) bond motifs is 1. The van der Waals surface area contributed by atoms with E-state index >= 15 is 0 Å². The zero-order valence-electron chi connectivity index (χ0n) is 19.8.